The van der Waals surface area contributed by atoms with Crippen molar-refractivity contribution in [1.29, 1.82) is 0 Å². The molecule has 0 spiro atoms. The molecule has 2 amide bonds. The molecular formula is C18H18FN2O2+. The van der Waals surface area contributed by atoms with Gasteiger partial charge in [-0.05, 0) is 24.3 Å². The molecule has 1 aliphatic rings. The number of carbonyl (C=O) groups is 2. The fraction of sp³-hybridized carbons (Fsp3) is 0.222. The summed E-state index contributed by atoms with van der Waals surface area (Å²) in [5, 5.41) is 0. The molecule has 1 saturated heterocycles. The van der Waals surface area contributed by atoms with Crippen LogP contribution in [0.25, 0.3) is 0 Å². The topological polar surface area (TPSA) is 41.8 Å². The zero-order valence-corrected chi connectivity index (χ0v) is 12.8. The van der Waals surface area contributed by atoms with Gasteiger partial charge in [0.15, 0.2) is 6.04 Å². The van der Waals surface area contributed by atoms with Crippen LogP contribution < -0.4 is 9.80 Å². The lowest BCUT2D eigenvalue weighted by molar-refractivity contribution is -0.908. The van der Waals surface area contributed by atoms with Crippen LogP contribution >= 0.6 is 0 Å². The average Bonchev–Trinajstić information content (AvgIpc) is 2.84. The van der Waals surface area contributed by atoms with Gasteiger partial charge in [0.1, 0.15) is 12.4 Å². The molecule has 0 saturated carbocycles. The number of carbonyl (C=O) groups excluding carboxylic acids is 2. The minimum Gasteiger partial charge on any atom is -0.323 e. The third-order valence-electron chi connectivity index (χ3n) is 4.15. The Labute approximate surface area is 134 Å². The molecule has 1 unspecified atom stereocenters. The first-order valence-corrected chi connectivity index (χ1v) is 7.55. The number of nitrogens with zero attached hydrogens (tertiary/aromatic N) is 1. The number of likely N-dealkylation sites (N-methyl/N-ethyl adjacent to an activating group) is 1. The standard InChI is InChI=1S/C18H17FN2O2/c1-20(12-13-5-3-2-4-6-13)16-11-17(22)21(18(16)23)15-9-7-14(19)8-10-15/h2-10,16H,11-12H2,1H3/p+1/t16-/m0/s1. The number of halogens is 1. The molecule has 3 rings (SSSR count). The van der Waals surface area contributed by atoms with E-state index >= 15 is 0 Å². The number of imide groups is 1. The highest BCUT2D eigenvalue weighted by Crippen LogP contribution is 2.22. The van der Waals surface area contributed by atoms with Crippen LogP contribution in [0.15, 0.2) is 54.6 Å². The van der Waals surface area contributed by atoms with Crippen LogP contribution in [0.3, 0.4) is 0 Å². The van der Waals surface area contributed by atoms with Crippen molar-refractivity contribution in [2.75, 3.05) is 11.9 Å². The maximum absolute atomic E-state index is 13.0. The first-order chi connectivity index (χ1) is 11.1. The molecular weight excluding hydrogens is 295 g/mol. The quantitative estimate of drug-likeness (QED) is 0.861. The molecule has 2 aromatic carbocycles. The van der Waals surface area contributed by atoms with Crippen LogP contribution in [0, 0.1) is 5.82 Å². The molecule has 118 valence electrons. The number of benzene rings is 2. The second kappa shape index (κ2) is 6.30. The molecule has 5 heteroatoms. The van der Waals surface area contributed by atoms with E-state index in [1.54, 1.807) is 0 Å². The number of amides is 2. The van der Waals surface area contributed by atoms with E-state index in [1.165, 1.54) is 29.2 Å². The van der Waals surface area contributed by atoms with Crippen LogP contribution in [0.2, 0.25) is 0 Å². The van der Waals surface area contributed by atoms with Crippen LogP contribution in [-0.4, -0.2) is 24.9 Å². The molecule has 1 fully saturated rings. The number of anilines is 1. The van der Waals surface area contributed by atoms with Gasteiger partial charge in [0, 0.05) is 5.56 Å². The number of quaternary nitrogens is 1. The van der Waals surface area contributed by atoms with Crippen molar-refractivity contribution < 1.29 is 18.9 Å². The largest absolute Gasteiger partial charge is 0.323 e. The summed E-state index contributed by atoms with van der Waals surface area (Å²) >= 11 is 0. The molecule has 2 aromatic rings. The van der Waals surface area contributed by atoms with Crippen LogP contribution in [0.5, 0.6) is 0 Å². The van der Waals surface area contributed by atoms with Crippen LogP contribution in [-0.2, 0) is 16.1 Å². The SMILES string of the molecule is C[NH+](Cc1ccccc1)[C@H]1CC(=O)N(c2ccc(F)cc2)C1=O. The van der Waals surface area contributed by atoms with Crippen LogP contribution in [0.4, 0.5) is 10.1 Å². The number of hydrogen-bond donors (Lipinski definition) is 1. The smallest absolute Gasteiger partial charge is 0.292 e. The van der Waals surface area contributed by atoms with Gasteiger partial charge >= 0.3 is 0 Å². The van der Waals surface area contributed by atoms with E-state index in [0.29, 0.717) is 12.2 Å². The minimum atomic E-state index is -0.409. The zero-order chi connectivity index (χ0) is 16.4. The lowest BCUT2D eigenvalue weighted by Gasteiger charge is -2.20. The zero-order valence-electron chi connectivity index (χ0n) is 12.8. The summed E-state index contributed by atoms with van der Waals surface area (Å²) in [7, 11) is 1.91. The molecule has 0 aromatic heterocycles. The second-order valence-electron chi connectivity index (χ2n) is 5.81. The van der Waals surface area contributed by atoms with Crippen molar-refractivity contribution >= 4 is 17.5 Å². The first-order valence-electron chi connectivity index (χ1n) is 7.55. The van der Waals surface area contributed by atoms with Gasteiger partial charge in [-0.15, -0.1) is 0 Å². The molecule has 1 aliphatic heterocycles. The van der Waals surface area contributed by atoms with E-state index in [0.717, 1.165) is 10.5 Å². The molecule has 2 atom stereocenters. The normalized spacial score (nSPS) is 19.2. The van der Waals surface area contributed by atoms with Gasteiger partial charge in [-0.25, -0.2) is 9.29 Å². The highest BCUT2D eigenvalue weighted by molar-refractivity contribution is 6.21. The predicted octanol–water partition coefficient (Wildman–Crippen LogP) is 1.17. The van der Waals surface area contributed by atoms with E-state index in [2.05, 4.69) is 0 Å². The maximum Gasteiger partial charge on any atom is 0.292 e. The van der Waals surface area contributed by atoms with Crippen molar-refractivity contribution in [3.8, 4) is 0 Å². The monoisotopic (exact) mass is 313 g/mol. The Bertz CT molecular complexity index is 716. The fourth-order valence-corrected chi connectivity index (χ4v) is 2.92. The third kappa shape index (κ3) is 3.14. The fourth-order valence-electron chi connectivity index (χ4n) is 2.92. The van der Waals surface area contributed by atoms with Crippen molar-refractivity contribution in [2.24, 2.45) is 0 Å². The molecule has 23 heavy (non-hydrogen) atoms. The maximum atomic E-state index is 13.0. The van der Waals surface area contributed by atoms with Crippen molar-refractivity contribution in [3.63, 3.8) is 0 Å². The van der Waals surface area contributed by atoms with Crippen molar-refractivity contribution in [2.45, 2.75) is 19.0 Å². The lowest BCUT2D eigenvalue weighted by Crippen LogP contribution is -3.12. The van der Waals surface area contributed by atoms with E-state index < -0.39 is 11.9 Å². The van der Waals surface area contributed by atoms with Gasteiger partial charge in [0.25, 0.3) is 5.91 Å². The van der Waals surface area contributed by atoms with E-state index in [4.69, 9.17) is 0 Å². The number of hydrogen-bond acceptors (Lipinski definition) is 2. The van der Waals surface area contributed by atoms with Crippen molar-refractivity contribution in [1.82, 2.24) is 0 Å². The Morgan fingerprint density at radius 3 is 2.39 bits per heavy atom. The van der Waals surface area contributed by atoms with E-state index in [1.807, 2.05) is 37.4 Å². The van der Waals surface area contributed by atoms with Gasteiger partial charge in [0.2, 0.25) is 5.91 Å². The summed E-state index contributed by atoms with van der Waals surface area (Å²) in [4.78, 5) is 27.0. The van der Waals surface area contributed by atoms with Gasteiger partial charge in [0.05, 0.1) is 19.2 Å². The second-order valence-corrected chi connectivity index (χ2v) is 5.81. The van der Waals surface area contributed by atoms with Crippen LogP contribution in [0.1, 0.15) is 12.0 Å². The summed E-state index contributed by atoms with van der Waals surface area (Å²) in [6.07, 6.45) is 0.175. The Morgan fingerprint density at radius 1 is 1.09 bits per heavy atom. The first kappa shape index (κ1) is 15.4. The molecule has 0 bridgehead atoms. The summed E-state index contributed by atoms with van der Waals surface area (Å²) in [5.74, 6) is -0.856. The molecule has 0 aliphatic carbocycles. The predicted molar refractivity (Wildman–Crippen MR) is 84.3 cm³/mol. The molecule has 1 heterocycles. The van der Waals surface area contributed by atoms with E-state index in [9.17, 15) is 14.0 Å². The molecule has 0 radical (unpaired) electrons. The molecule has 4 nitrogen and oxygen atoms in total. The lowest BCUT2D eigenvalue weighted by atomic mass is 10.1. The summed E-state index contributed by atoms with van der Waals surface area (Å²) < 4.78 is 13.0. The Balaban J connectivity index is 1.76. The number of nitrogens with one attached hydrogen (secondary N) is 1. The van der Waals surface area contributed by atoms with Gasteiger partial charge in [-0.3, -0.25) is 9.59 Å². The highest BCUT2D eigenvalue weighted by atomic mass is 19.1. The summed E-state index contributed by atoms with van der Waals surface area (Å²) in [6.45, 7) is 0.668. The highest BCUT2D eigenvalue weighted by Gasteiger charge is 2.44. The van der Waals surface area contributed by atoms with E-state index in [-0.39, 0.29) is 18.2 Å². The average molecular weight is 313 g/mol. The van der Waals surface area contributed by atoms with Gasteiger partial charge in [-0.1, -0.05) is 30.3 Å². The summed E-state index contributed by atoms with van der Waals surface area (Å²) in [5.41, 5.74) is 1.54. The minimum absolute atomic E-state index is 0.175. The Hall–Kier alpha value is -2.53. The summed E-state index contributed by atoms with van der Waals surface area (Å²) in [6, 6.07) is 14.9. The van der Waals surface area contributed by atoms with Gasteiger partial charge < -0.3 is 4.90 Å². The Morgan fingerprint density at radius 2 is 1.74 bits per heavy atom. The number of rotatable bonds is 4. The van der Waals surface area contributed by atoms with Gasteiger partial charge in [-0.2, -0.15) is 0 Å². The van der Waals surface area contributed by atoms with Crippen molar-refractivity contribution in [3.05, 3.63) is 66.0 Å². The third-order valence-corrected chi connectivity index (χ3v) is 4.15. The Kier molecular flexibility index (Phi) is 4.21. The molecule has 1 N–H and O–H groups in total.